The summed E-state index contributed by atoms with van der Waals surface area (Å²) < 4.78 is 10.7. The summed E-state index contributed by atoms with van der Waals surface area (Å²) >= 11 is 0. The first-order valence-corrected chi connectivity index (χ1v) is 8.33. The number of ether oxygens (including phenoxy) is 2. The number of nitrogens with one attached hydrogen (secondary N) is 2. The smallest absolute Gasteiger partial charge is 0.221 e. The molecule has 0 atom stereocenters. The summed E-state index contributed by atoms with van der Waals surface area (Å²) in [7, 11) is 6.92. The lowest BCUT2D eigenvalue weighted by atomic mass is 10.2. The van der Waals surface area contributed by atoms with Crippen molar-refractivity contribution in [2.24, 2.45) is 4.99 Å². The van der Waals surface area contributed by atoms with Crippen molar-refractivity contribution in [2.75, 3.05) is 34.9 Å². The van der Waals surface area contributed by atoms with Crippen LogP contribution in [0.5, 0.6) is 11.5 Å². The molecule has 1 rings (SSSR count). The van der Waals surface area contributed by atoms with E-state index in [1.54, 1.807) is 21.3 Å². The standard InChI is InChI=1S/C18H30N4O3/c1-13(2)21-17(23)9-10-20-18(19-3)22(4)12-14-7-8-15(24-5)11-16(14)25-6/h7-8,11,13H,9-10,12H2,1-6H3,(H,19,20)(H,21,23). The zero-order valence-corrected chi connectivity index (χ0v) is 16.0. The maximum atomic E-state index is 11.7. The van der Waals surface area contributed by atoms with Crippen molar-refractivity contribution in [2.45, 2.75) is 32.9 Å². The molecule has 0 saturated carbocycles. The molecule has 0 bridgehead atoms. The molecule has 0 fully saturated rings. The first-order chi connectivity index (χ1) is 11.9. The lowest BCUT2D eigenvalue weighted by molar-refractivity contribution is -0.121. The van der Waals surface area contributed by atoms with Gasteiger partial charge in [-0.3, -0.25) is 9.79 Å². The minimum Gasteiger partial charge on any atom is -0.497 e. The topological polar surface area (TPSA) is 75.2 Å². The molecule has 0 heterocycles. The summed E-state index contributed by atoms with van der Waals surface area (Å²) in [6.07, 6.45) is 0.400. The van der Waals surface area contributed by atoms with Gasteiger partial charge in [-0.05, 0) is 26.0 Å². The number of aliphatic imine (C=N–C) groups is 1. The number of nitrogens with zero attached hydrogens (tertiary/aromatic N) is 2. The van der Waals surface area contributed by atoms with Crippen LogP contribution in [0.3, 0.4) is 0 Å². The molecule has 0 unspecified atom stereocenters. The summed E-state index contributed by atoms with van der Waals surface area (Å²) in [4.78, 5) is 17.9. The third-order valence-electron chi connectivity index (χ3n) is 3.56. The minimum absolute atomic E-state index is 0.0254. The Morgan fingerprint density at radius 3 is 2.56 bits per heavy atom. The van der Waals surface area contributed by atoms with Crippen LogP contribution in [0.2, 0.25) is 0 Å². The Kier molecular flexibility index (Phi) is 8.60. The van der Waals surface area contributed by atoms with Crippen LogP contribution >= 0.6 is 0 Å². The summed E-state index contributed by atoms with van der Waals surface area (Å²) in [5.74, 6) is 2.26. The van der Waals surface area contributed by atoms with Crippen LogP contribution in [0.15, 0.2) is 23.2 Å². The monoisotopic (exact) mass is 350 g/mol. The van der Waals surface area contributed by atoms with Gasteiger partial charge in [0.2, 0.25) is 5.91 Å². The highest BCUT2D eigenvalue weighted by atomic mass is 16.5. The predicted octanol–water partition coefficient (Wildman–Crippen LogP) is 1.63. The molecule has 1 amide bonds. The molecule has 1 aromatic carbocycles. The van der Waals surface area contributed by atoms with Gasteiger partial charge in [-0.15, -0.1) is 0 Å². The normalized spacial score (nSPS) is 11.2. The number of carbonyl (C=O) groups excluding carboxylic acids is 1. The summed E-state index contributed by atoms with van der Waals surface area (Å²) in [6, 6.07) is 5.88. The van der Waals surface area contributed by atoms with E-state index in [0.717, 1.165) is 23.0 Å². The van der Waals surface area contributed by atoms with E-state index in [1.807, 2.05) is 44.0 Å². The summed E-state index contributed by atoms with van der Waals surface area (Å²) in [6.45, 7) is 5.03. The van der Waals surface area contributed by atoms with E-state index in [0.29, 0.717) is 19.5 Å². The Morgan fingerprint density at radius 1 is 1.28 bits per heavy atom. The number of benzene rings is 1. The summed E-state index contributed by atoms with van der Waals surface area (Å²) in [5.41, 5.74) is 1.02. The fourth-order valence-corrected chi connectivity index (χ4v) is 2.38. The molecule has 140 valence electrons. The molecule has 25 heavy (non-hydrogen) atoms. The fourth-order valence-electron chi connectivity index (χ4n) is 2.38. The highest BCUT2D eigenvalue weighted by Gasteiger charge is 2.12. The predicted molar refractivity (Wildman–Crippen MR) is 100 cm³/mol. The third kappa shape index (κ3) is 6.91. The molecule has 0 radical (unpaired) electrons. The van der Waals surface area contributed by atoms with Crippen LogP contribution in [0, 0.1) is 0 Å². The molecule has 2 N–H and O–H groups in total. The van der Waals surface area contributed by atoms with Crippen molar-refractivity contribution >= 4 is 11.9 Å². The highest BCUT2D eigenvalue weighted by Crippen LogP contribution is 2.25. The van der Waals surface area contributed by atoms with Gasteiger partial charge in [0.15, 0.2) is 5.96 Å². The van der Waals surface area contributed by atoms with Crippen LogP contribution in [0.25, 0.3) is 0 Å². The highest BCUT2D eigenvalue weighted by molar-refractivity contribution is 5.81. The van der Waals surface area contributed by atoms with E-state index in [2.05, 4.69) is 15.6 Å². The zero-order chi connectivity index (χ0) is 18.8. The molecule has 0 aliphatic carbocycles. The fraction of sp³-hybridized carbons (Fsp3) is 0.556. The number of amides is 1. The van der Waals surface area contributed by atoms with E-state index in [1.165, 1.54) is 0 Å². The van der Waals surface area contributed by atoms with Gasteiger partial charge in [-0.25, -0.2) is 0 Å². The van der Waals surface area contributed by atoms with Crippen LogP contribution < -0.4 is 20.1 Å². The van der Waals surface area contributed by atoms with E-state index in [-0.39, 0.29) is 11.9 Å². The lowest BCUT2D eigenvalue weighted by Gasteiger charge is -2.23. The number of carbonyl (C=O) groups is 1. The van der Waals surface area contributed by atoms with Crippen molar-refractivity contribution < 1.29 is 14.3 Å². The first kappa shape index (κ1) is 20.6. The van der Waals surface area contributed by atoms with Gasteiger partial charge in [-0.2, -0.15) is 0 Å². The lowest BCUT2D eigenvalue weighted by Crippen LogP contribution is -2.40. The Labute approximate surface area is 150 Å². The molecular weight excluding hydrogens is 320 g/mol. The Bertz CT molecular complexity index is 588. The Hall–Kier alpha value is -2.44. The first-order valence-electron chi connectivity index (χ1n) is 8.33. The van der Waals surface area contributed by atoms with Gasteiger partial charge < -0.3 is 25.0 Å². The van der Waals surface area contributed by atoms with E-state index in [9.17, 15) is 4.79 Å². The van der Waals surface area contributed by atoms with Gasteiger partial charge >= 0.3 is 0 Å². The Morgan fingerprint density at radius 2 is 2.00 bits per heavy atom. The SMILES string of the molecule is CN=C(NCCC(=O)NC(C)C)N(C)Cc1ccc(OC)cc1OC. The average molecular weight is 350 g/mol. The third-order valence-corrected chi connectivity index (χ3v) is 3.56. The summed E-state index contributed by atoms with van der Waals surface area (Å²) in [5, 5.41) is 6.07. The number of rotatable bonds is 8. The van der Waals surface area contributed by atoms with Crippen LogP contribution in [0.1, 0.15) is 25.8 Å². The van der Waals surface area contributed by atoms with Crippen LogP contribution in [0.4, 0.5) is 0 Å². The number of methoxy groups -OCH3 is 2. The molecule has 0 spiro atoms. The molecule has 7 nitrogen and oxygen atoms in total. The second-order valence-corrected chi connectivity index (χ2v) is 5.98. The van der Waals surface area contributed by atoms with Crippen molar-refractivity contribution in [3.63, 3.8) is 0 Å². The van der Waals surface area contributed by atoms with Gasteiger partial charge in [-0.1, -0.05) is 0 Å². The van der Waals surface area contributed by atoms with E-state index in [4.69, 9.17) is 9.47 Å². The van der Waals surface area contributed by atoms with Crippen molar-refractivity contribution in [3.8, 4) is 11.5 Å². The largest absolute Gasteiger partial charge is 0.497 e. The van der Waals surface area contributed by atoms with Crippen LogP contribution in [-0.4, -0.2) is 57.7 Å². The second kappa shape index (κ2) is 10.4. The zero-order valence-electron chi connectivity index (χ0n) is 16.0. The van der Waals surface area contributed by atoms with Gasteiger partial charge in [0.1, 0.15) is 11.5 Å². The number of hydrogen-bond donors (Lipinski definition) is 2. The molecule has 0 saturated heterocycles. The second-order valence-electron chi connectivity index (χ2n) is 5.98. The van der Waals surface area contributed by atoms with Crippen molar-refractivity contribution in [1.82, 2.24) is 15.5 Å². The van der Waals surface area contributed by atoms with Crippen LogP contribution in [-0.2, 0) is 11.3 Å². The molecule has 0 aromatic heterocycles. The van der Waals surface area contributed by atoms with E-state index < -0.39 is 0 Å². The minimum atomic E-state index is 0.0254. The molecular formula is C18H30N4O3. The Balaban J connectivity index is 2.62. The van der Waals surface area contributed by atoms with Crippen molar-refractivity contribution in [1.29, 1.82) is 0 Å². The van der Waals surface area contributed by atoms with Gasteiger partial charge in [0.25, 0.3) is 0 Å². The molecule has 0 aliphatic heterocycles. The quantitative estimate of drug-likeness (QED) is 0.550. The average Bonchev–Trinajstić information content (AvgIpc) is 2.58. The van der Waals surface area contributed by atoms with E-state index >= 15 is 0 Å². The number of guanidine groups is 1. The maximum absolute atomic E-state index is 11.7. The van der Waals surface area contributed by atoms with Gasteiger partial charge in [0, 0.05) is 51.3 Å². The molecule has 0 aliphatic rings. The van der Waals surface area contributed by atoms with Gasteiger partial charge in [0.05, 0.1) is 14.2 Å². The number of hydrogen-bond acceptors (Lipinski definition) is 4. The van der Waals surface area contributed by atoms with Crippen molar-refractivity contribution in [3.05, 3.63) is 23.8 Å². The molecule has 7 heteroatoms. The molecule has 1 aromatic rings. The maximum Gasteiger partial charge on any atom is 0.221 e.